The van der Waals surface area contributed by atoms with Crippen LogP contribution in [0.15, 0.2) is 54.5 Å². The van der Waals surface area contributed by atoms with Crippen LogP contribution >= 0.6 is 0 Å². The smallest absolute Gasteiger partial charge is 0.352 e. The first-order chi connectivity index (χ1) is 15.9. The van der Waals surface area contributed by atoms with E-state index in [2.05, 4.69) is 15.6 Å². The van der Waals surface area contributed by atoms with E-state index in [1.54, 1.807) is 31.5 Å². The fraction of sp³-hybridized carbons (Fsp3) is 0.333. The summed E-state index contributed by atoms with van der Waals surface area (Å²) in [5, 5.41) is 25.6. The normalized spacial score (nSPS) is 20.3. The third kappa shape index (κ3) is 4.64. The number of fused-ring (bicyclic) bond motifs is 1. The molecule has 0 spiro atoms. The Morgan fingerprint density at radius 3 is 2.79 bits per heavy atom. The van der Waals surface area contributed by atoms with Crippen molar-refractivity contribution in [2.75, 3.05) is 11.9 Å². The number of carbonyl (C=O) groups excluding carboxylic acids is 2. The largest absolute Gasteiger partial charge is 0.477 e. The van der Waals surface area contributed by atoms with Gasteiger partial charge in [0.25, 0.3) is 0 Å². The summed E-state index contributed by atoms with van der Waals surface area (Å²) in [4.78, 5) is 41.6. The summed E-state index contributed by atoms with van der Waals surface area (Å²) < 4.78 is 0. The molecule has 0 saturated carbocycles. The molecule has 4 rings (SSSR count). The highest BCUT2D eigenvalue weighted by atomic mass is 16.4. The summed E-state index contributed by atoms with van der Waals surface area (Å²) in [6, 6.07) is 10.7. The first kappa shape index (κ1) is 22.6. The fourth-order valence-electron chi connectivity index (χ4n) is 4.49. The first-order valence-corrected chi connectivity index (χ1v) is 10.8. The molecule has 9 nitrogen and oxygen atoms in total. The van der Waals surface area contributed by atoms with Crippen LogP contribution in [-0.2, 0) is 20.9 Å². The van der Waals surface area contributed by atoms with Gasteiger partial charge in [0, 0.05) is 25.7 Å². The van der Waals surface area contributed by atoms with Crippen molar-refractivity contribution in [2.45, 2.75) is 38.5 Å². The number of hydrogen-bond acceptors (Lipinski definition) is 6. The number of benzene rings is 1. The zero-order valence-electron chi connectivity index (χ0n) is 18.2. The van der Waals surface area contributed by atoms with Crippen molar-refractivity contribution in [3.63, 3.8) is 0 Å². The molecule has 1 fully saturated rings. The zero-order valence-corrected chi connectivity index (χ0v) is 18.2. The number of nitrogens with one attached hydrogen (secondary N) is 2. The van der Waals surface area contributed by atoms with Crippen molar-refractivity contribution in [3.8, 4) is 0 Å². The van der Waals surface area contributed by atoms with Crippen LogP contribution in [0.5, 0.6) is 0 Å². The predicted molar refractivity (Wildman–Crippen MR) is 121 cm³/mol. The number of amides is 2. The molecule has 9 heteroatoms. The average molecular weight is 450 g/mol. The van der Waals surface area contributed by atoms with Crippen molar-refractivity contribution in [2.24, 2.45) is 5.92 Å². The third-order valence-electron chi connectivity index (χ3n) is 6.01. The van der Waals surface area contributed by atoms with Gasteiger partial charge in [0.15, 0.2) is 0 Å². The van der Waals surface area contributed by atoms with Crippen molar-refractivity contribution in [1.82, 2.24) is 15.2 Å². The van der Waals surface area contributed by atoms with Crippen LogP contribution in [0.25, 0.3) is 5.57 Å². The number of aromatic nitrogens is 1. The maximum atomic E-state index is 12.4. The fourth-order valence-corrected chi connectivity index (χ4v) is 4.49. The van der Waals surface area contributed by atoms with E-state index in [0.29, 0.717) is 37.2 Å². The molecule has 2 aliphatic rings. The van der Waals surface area contributed by atoms with Gasteiger partial charge in [-0.15, -0.1) is 0 Å². The van der Waals surface area contributed by atoms with E-state index in [0.717, 1.165) is 11.1 Å². The molecular weight excluding hydrogens is 424 g/mol. The molecule has 3 heterocycles. The number of rotatable bonds is 9. The van der Waals surface area contributed by atoms with Crippen molar-refractivity contribution < 1.29 is 24.6 Å². The highest BCUT2D eigenvalue weighted by Crippen LogP contribution is 2.46. The van der Waals surface area contributed by atoms with E-state index in [-0.39, 0.29) is 23.6 Å². The Bertz CT molecular complexity index is 1100. The number of pyridine rings is 1. The molecule has 2 aliphatic heterocycles. The Labute approximate surface area is 191 Å². The second-order valence-corrected chi connectivity index (χ2v) is 8.30. The number of aliphatic hydroxyl groups is 1. The van der Waals surface area contributed by atoms with Crippen LogP contribution in [-0.4, -0.2) is 56.6 Å². The second-order valence-electron chi connectivity index (χ2n) is 8.30. The van der Waals surface area contributed by atoms with Gasteiger partial charge in [-0.3, -0.25) is 14.6 Å². The van der Waals surface area contributed by atoms with Gasteiger partial charge in [-0.2, -0.15) is 0 Å². The van der Waals surface area contributed by atoms with Crippen molar-refractivity contribution in [3.05, 3.63) is 65.6 Å². The summed E-state index contributed by atoms with van der Waals surface area (Å²) in [7, 11) is 0. The lowest BCUT2D eigenvalue weighted by Crippen LogP contribution is -2.61. The summed E-state index contributed by atoms with van der Waals surface area (Å²) in [6.07, 6.45) is 3.09. The van der Waals surface area contributed by atoms with Crippen LogP contribution in [0.3, 0.4) is 0 Å². The number of β-lactam (4-membered cyclic amide) rings is 1. The quantitative estimate of drug-likeness (QED) is 0.337. The first-order valence-electron chi connectivity index (χ1n) is 10.8. The molecule has 2 aromatic rings. The number of carboxylic acids is 1. The van der Waals surface area contributed by atoms with Gasteiger partial charge in [0.1, 0.15) is 5.70 Å². The van der Waals surface area contributed by atoms with E-state index in [4.69, 9.17) is 0 Å². The van der Waals surface area contributed by atoms with Crippen LogP contribution in [0.4, 0.5) is 5.69 Å². The van der Waals surface area contributed by atoms with Gasteiger partial charge in [0.2, 0.25) is 11.8 Å². The number of anilines is 1. The average Bonchev–Trinajstić information content (AvgIpc) is 3.13. The molecule has 1 saturated heterocycles. The Balaban J connectivity index is 1.37. The van der Waals surface area contributed by atoms with Gasteiger partial charge >= 0.3 is 5.97 Å². The molecule has 3 atom stereocenters. The van der Waals surface area contributed by atoms with E-state index in [1.165, 1.54) is 4.90 Å². The molecule has 0 bridgehead atoms. The van der Waals surface area contributed by atoms with Gasteiger partial charge in [0.05, 0.1) is 29.9 Å². The van der Waals surface area contributed by atoms with E-state index >= 15 is 0 Å². The Morgan fingerprint density at radius 2 is 2.09 bits per heavy atom. The molecule has 4 N–H and O–H groups in total. The SMILES string of the molecule is C[C@@H](O)[C@H]1C(=O)N2C(C(=O)O)=C(c3cccc(CNCCC(=O)Nc4cccnc4)c3)C[C@H]12. The van der Waals surface area contributed by atoms with Gasteiger partial charge in [-0.25, -0.2) is 4.79 Å². The standard InChI is InChI=1S/C24H26N4O5/c1-14(29)21-19-11-18(22(24(32)33)28(19)23(21)31)16-5-2-4-15(10-16)12-26-9-7-20(30)27-17-6-3-8-25-13-17/h2-6,8,10,13-14,19,21,26,29H,7,9,11-12H2,1H3,(H,27,30)(H,32,33)/t14-,19-,21-/m1/s1. The maximum Gasteiger partial charge on any atom is 0.352 e. The van der Waals surface area contributed by atoms with Crippen LogP contribution in [0, 0.1) is 5.92 Å². The lowest BCUT2D eigenvalue weighted by Gasteiger charge is -2.44. The summed E-state index contributed by atoms with van der Waals surface area (Å²) >= 11 is 0. The highest BCUT2D eigenvalue weighted by Gasteiger charge is 2.56. The topological polar surface area (TPSA) is 132 Å². The number of aliphatic carboxylic acids is 1. The highest BCUT2D eigenvalue weighted by molar-refractivity contribution is 6.06. The van der Waals surface area contributed by atoms with E-state index in [9.17, 15) is 24.6 Å². The van der Waals surface area contributed by atoms with Crippen molar-refractivity contribution in [1.29, 1.82) is 0 Å². The Kier molecular flexibility index (Phi) is 6.52. The molecule has 1 aromatic carbocycles. The molecule has 2 amide bonds. The van der Waals surface area contributed by atoms with Crippen LogP contribution in [0.2, 0.25) is 0 Å². The minimum atomic E-state index is -1.15. The molecule has 0 radical (unpaired) electrons. The molecule has 0 aliphatic carbocycles. The zero-order chi connectivity index (χ0) is 23.5. The number of nitrogens with zero attached hydrogens (tertiary/aromatic N) is 2. The molecular formula is C24H26N4O5. The van der Waals surface area contributed by atoms with Crippen LogP contribution in [0.1, 0.15) is 30.9 Å². The number of carbonyl (C=O) groups is 3. The summed E-state index contributed by atoms with van der Waals surface area (Å²) in [5.74, 6) is -2.18. The second kappa shape index (κ2) is 9.51. The lowest BCUT2D eigenvalue weighted by atomic mass is 9.82. The minimum absolute atomic E-state index is 0.000850. The van der Waals surface area contributed by atoms with Crippen molar-refractivity contribution >= 4 is 29.0 Å². The Hall–Kier alpha value is -3.56. The molecule has 1 aromatic heterocycles. The predicted octanol–water partition coefficient (Wildman–Crippen LogP) is 1.61. The van der Waals surface area contributed by atoms with Gasteiger partial charge < -0.3 is 25.7 Å². The number of hydrogen-bond donors (Lipinski definition) is 4. The molecule has 33 heavy (non-hydrogen) atoms. The van der Waals surface area contributed by atoms with Gasteiger partial charge in [-0.05, 0) is 42.2 Å². The monoisotopic (exact) mass is 450 g/mol. The maximum absolute atomic E-state index is 12.4. The number of aliphatic hydroxyl groups excluding tert-OH is 1. The number of carboxylic acid groups (broad SMARTS) is 1. The molecule has 0 unspecified atom stereocenters. The van der Waals surface area contributed by atoms with E-state index in [1.807, 2.05) is 24.3 Å². The summed E-state index contributed by atoms with van der Waals surface area (Å²) in [5.41, 5.74) is 2.92. The molecule has 172 valence electrons. The van der Waals surface area contributed by atoms with Crippen LogP contribution < -0.4 is 10.6 Å². The summed E-state index contributed by atoms with van der Waals surface area (Å²) in [6.45, 7) is 2.54. The van der Waals surface area contributed by atoms with E-state index < -0.39 is 18.0 Å². The minimum Gasteiger partial charge on any atom is -0.477 e. The lowest BCUT2D eigenvalue weighted by molar-refractivity contribution is -0.161. The third-order valence-corrected chi connectivity index (χ3v) is 6.01. The Morgan fingerprint density at radius 1 is 1.27 bits per heavy atom. The van der Waals surface area contributed by atoms with Gasteiger partial charge in [-0.1, -0.05) is 24.3 Å².